The molecule has 3 aliphatic rings. The average molecular weight is 555 g/mol. The van der Waals surface area contributed by atoms with Crippen molar-refractivity contribution >= 4 is 69.8 Å². The first kappa shape index (κ1) is 24.7. The van der Waals surface area contributed by atoms with Crippen molar-refractivity contribution in [3.05, 3.63) is 63.1 Å². The summed E-state index contributed by atoms with van der Waals surface area (Å²) in [6.45, 7) is 2.90. The van der Waals surface area contributed by atoms with Gasteiger partial charge < -0.3 is 15.5 Å². The van der Waals surface area contributed by atoms with E-state index < -0.39 is 16.2 Å². The van der Waals surface area contributed by atoms with Gasteiger partial charge in [0.2, 0.25) is 11.8 Å². The predicted molar refractivity (Wildman–Crippen MR) is 137 cm³/mol. The fourth-order valence-corrected chi connectivity index (χ4v) is 5.94. The van der Waals surface area contributed by atoms with Crippen molar-refractivity contribution in [3.63, 3.8) is 0 Å². The molecule has 1 aliphatic heterocycles. The normalized spacial score (nSPS) is 22.8. The molecule has 1 saturated heterocycles. The highest BCUT2D eigenvalue weighted by atomic mass is 35.5. The van der Waals surface area contributed by atoms with E-state index in [1.165, 1.54) is 6.07 Å². The quantitative estimate of drug-likeness (QED) is 0.483. The van der Waals surface area contributed by atoms with Crippen molar-refractivity contribution in [2.24, 2.45) is 11.8 Å². The van der Waals surface area contributed by atoms with Crippen LogP contribution in [0.25, 0.3) is 0 Å². The molecule has 184 valence electrons. The molecule has 3 fully saturated rings. The van der Waals surface area contributed by atoms with Crippen molar-refractivity contribution in [1.82, 2.24) is 10.2 Å². The predicted octanol–water partition coefficient (Wildman–Crippen LogP) is 5.18. The Morgan fingerprint density at radius 1 is 1.03 bits per heavy atom. The molecular formula is C25H23Cl4N3O3. The van der Waals surface area contributed by atoms with Crippen LogP contribution in [0.4, 0.5) is 5.69 Å². The number of hydrogen-bond donors (Lipinski definition) is 2. The number of likely N-dealkylation sites (tertiary alicyclic amines) is 1. The third-order valence-corrected chi connectivity index (χ3v) is 8.18. The molecule has 2 N–H and O–H groups in total. The van der Waals surface area contributed by atoms with Gasteiger partial charge in [-0.15, -0.1) is 23.2 Å². The van der Waals surface area contributed by atoms with Crippen LogP contribution in [0.15, 0.2) is 36.4 Å². The van der Waals surface area contributed by atoms with Crippen LogP contribution in [0.3, 0.4) is 0 Å². The second-order valence-electron chi connectivity index (χ2n) is 9.56. The number of rotatable bonds is 6. The number of aryl methyl sites for hydroxylation is 1. The molecule has 2 aromatic carbocycles. The minimum absolute atomic E-state index is 0.124. The van der Waals surface area contributed by atoms with Gasteiger partial charge in [0.1, 0.15) is 4.33 Å². The third-order valence-electron chi connectivity index (χ3n) is 6.69. The summed E-state index contributed by atoms with van der Waals surface area (Å²) < 4.78 is -1.26. The van der Waals surface area contributed by atoms with E-state index in [4.69, 9.17) is 46.4 Å². The molecular weight excluding hydrogens is 532 g/mol. The monoisotopic (exact) mass is 553 g/mol. The van der Waals surface area contributed by atoms with E-state index >= 15 is 0 Å². The molecule has 3 amide bonds. The van der Waals surface area contributed by atoms with E-state index in [-0.39, 0.29) is 40.3 Å². The Kier molecular flexibility index (Phi) is 6.45. The second-order valence-corrected chi connectivity index (χ2v) is 11.9. The van der Waals surface area contributed by atoms with Gasteiger partial charge in [-0.3, -0.25) is 14.4 Å². The van der Waals surface area contributed by atoms with Crippen LogP contribution in [0.5, 0.6) is 0 Å². The van der Waals surface area contributed by atoms with Crippen molar-refractivity contribution in [1.29, 1.82) is 0 Å². The van der Waals surface area contributed by atoms with Gasteiger partial charge in [-0.05, 0) is 61.2 Å². The van der Waals surface area contributed by atoms with Crippen molar-refractivity contribution in [2.45, 2.75) is 36.1 Å². The number of nitrogens with zero attached hydrogens (tertiary/aromatic N) is 1. The van der Waals surface area contributed by atoms with E-state index in [0.29, 0.717) is 23.8 Å². The number of benzene rings is 2. The van der Waals surface area contributed by atoms with Gasteiger partial charge in [0, 0.05) is 35.6 Å². The number of carbonyl (C=O) groups excluding carboxylic acids is 3. The molecule has 1 heterocycles. The lowest BCUT2D eigenvalue weighted by molar-refractivity contribution is -0.137. The van der Waals surface area contributed by atoms with Crippen LogP contribution in [-0.2, 0) is 9.59 Å². The minimum Gasteiger partial charge on any atom is -0.346 e. The Bertz CT molecular complexity index is 1200. The maximum Gasteiger partial charge on any atom is 0.253 e. The molecule has 2 atom stereocenters. The van der Waals surface area contributed by atoms with Gasteiger partial charge in [-0.1, -0.05) is 29.3 Å². The molecule has 0 spiro atoms. The summed E-state index contributed by atoms with van der Waals surface area (Å²) in [5, 5.41) is 6.51. The van der Waals surface area contributed by atoms with Gasteiger partial charge in [0.25, 0.3) is 5.91 Å². The minimum atomic E-state index is -1.26. The van der Waals surface area contributed by atoms with E-state index in [2.05, 4.69) is 10.6 Å². The van der Waals surface area contributed by atoms with Crippen LogP contribution in [0.1, 0.15) is 40.2 Å². The van der Waals surface area contributed by atoms with Gasteiger partial charge >= 0.3 is 0 Å². The maximum absolute atomic E-state index is 13.0. The first-order chi connectivity index (χ1) is 16.5. The SMILES string of the molecule is Cc1cc(Cl)cc(C2C(C(=O)Nc3ccc(Cl)c(C(=O)NC4CN(C(=O)C5CC5)C4)c3)C2(Cl)Cl)c1. The number of nitrogens with one attached hydrogen (secondary N) is 2. The van der Waals surface area contributed by atoms with E-state index in [0.717, 1.165) is 24.0 Å². The molecule has 2 saturated carbocycles. The van der Waals surface area contributed by atoms with Crippen LogP contribution in [0.2, 0.25) is 10.0 Å². The van der Waals surface area contributed by atoms with Crippen LogP contribution < -0.4 is 10.6 Å². The molecule has 35 heavy (non-hydrogen) atoms. The number of anilines is 1. The second kappa shape index (κ2) is 9.15. The standard InChI is InChI=1S/C25H23Cl4N3O3/c1-12-6-14(8-15(26)7-12)20-21(25(20,28)29)23(34)30-16-4-5-19(27)18(9-16)22(33)31-17-10-32(11-17)24(35)13-2-3-13/h4-9,13,17,20-21H,2-3,10-11H2,1H3,(H,30,34)(H,31,33). The zero-order chi connectivity index (χ0) is 25.1. The molecule has 0 bridgehead atoms. The molecule has 2 aliphatic carbocycles. The summed E-state index contributed by atoms with van der Waals surface area (Å²) in [7, 11) is 0. The number of carbonyl (C=O) groups is 3. The van der Waals surface area contributed by atoms with Crippen LogP contribution >= 0.6 is 46.4 Å². The summed E-state index contributed by atoms with van der Waals surface area (Å²) >= 11 is 25.4. The number of alkyl halides is 2. The number of hydrogen-bond acceptors (Lipinski definition) is 3. The van der Waals surface area contributed by atoms with Gasteiger partial charge in [-0.2, -0.15) is 0 Å². The first-order valence-electron chi connectivity index (χ1n) is 11.4. The largest absolute Gasteiger partial charge is 0.346 e. The van der Waals surface area contributed by atoms with Crippen molar-refractivity contribution < 1.29 is 14.4 Å². The van der Waals surface area contributed by atoms with E-state index in [1.54, 1.807) is 23.1 Å². The summed E-state index contributed by atoms with van der Waals surface area (Å²) in [4.78, 5) is 39.7. The highest BCUT2D eigenvalue weighted by Crippen LogP contribution is 2.65. The zero-order valence-electron chi connectivity index (χ0n) is 18.8. The van der Waals surface area contributed by atoms with Gasteiger partial charge in [-0.25, -0.2) is 0 Å². The lowest BCUT2D eigenvalue weighted by Crippen LogP contribution is -2.61. The number of amides is 3. The summed E-state index contributed by atoms with van der Waals surface area (Å²) in [5.74, 6) is -1.48. The Labute approximate surface area is 223 Å². The summed E-state index contributed by atoms with van der Waals surface area (Å²) in [6, 6.07) is 10.0. The van der Waals surface area contributed by atoms with Gasteiger partial charge in [0.05, 0.1) is 22.5 Å². The smallest absolute Gasteiger partial charge is 0.253 e. The summed E-state index contributed by atoms with van der Waals surface area (Å²) in [6.07, 6.45) is 1.91. The highest BCUT2D eigenvalue weighted by Gasteiger charge is 2.67. The highest BCUT2D eigenvalue weighted by molar-refractivity contribution is 6.53. The maximum atomic E-state index is 13.0. The first-order valence-corrected chi connectivity index (χ1v) is 12.9. The number of halogens is 4. The Balaban J connectivity index is 1.23. The van der Waals surface area contributed by atoms with Crippen LogP contribution in [-0.4, -0.2) is 46.1 Å². The lowest BCUT2D eigenvalue weighted by Gasteiger charge is -2.39. The Morgan fingerprint density at radius 2 is 1.74 bits per heavy atom. The molecule has 2 unspecified atom stereocenters. The molecule has 2 aromatic rings. The third kappa shape index (κ3) is 4.99. The fourth-order valence-electron chi connectivity index (χ4n) is 4.61. The molecule has 0 aromatic heterocycles. The Hall–Kier alpha value is -1.99. The van der Waals surface area contributed by atoms with Crippen molar-refractivity contribution in [2.75, 3.05) is 18.4 Å². The fraction of sp³-hybridized carbons (Fsp3) is 0.400. The van der Waals surface area contributed by atoms with Crippen molar-refractivity contribution in [3.8, 4) is 0 Å². The van der Waals surface area contributed by atoms with E-state index in [1.807, 2.05) is 19.1 Å². The molecule has 6 nitrogen and oxygen atoms in total. The van der Waals surface area contributed by atoms with E-state index in [9.17, 15) is 14.4 Å². The zero-order valence-corrected chi connectivity index (χ0v) is 21.8. The Morgan fingerprint density at radius 3 is 2.40 bits per heavy atom. The average Bonchev–Trinajstić information content (AvgIpc) is 3.66. The van der Waals surface area contributed by atoms with Crippen LogP contribution in [0, 0.1) is 18.8 Å². The topological polar surface area (TPSA) is 78.5 Å². The lowest BCUT2D eigenvalue weighted by atomic mass is 10.1. The summed E-state index contributed by atoms with van der Waals surface area (Å²) in [5.41, 5.74) is 2.38. The molecule has 5 rings (SSSR count). The van der Waals surface area contributed by atoms with Gasteiger partial charge in [0.15, 0.2) is 0 Å². The molecule has 10 heteroatoms. The molecule has 0 radical (unpaired) electrons.